The molecular formula is C32H28N4O4S. The van der Waals surface area contributed by atoms with Gasteiger partial charge in [-0.15, -0.1) is 0 Å². The van der Waals surface area contributed by atoms with Gasteiger partial charge in [-0.05, 0) is 36.4 Å². The molecule has 1 aliphatic rings. The van der Waals surface area contributed by atoms with Crippen molar-refractivity contribution in [3.63, 3.8) is 0 Å². The molecule has 0 radical (unpaired) electrons. The van der Waals surface area contributed by atoms with Gasteiger partial charge < -0.3 is 9.47 Å². The topological polar surface area (TPSA) is 86.0 Å². The summed E-state index contributed by atoms with van der Waals surface area (Å²) in [6.45, 7) is 0. The maximum Gasteiger partial charge on any atom is 0.279 e. The average molecular weight is 565 g/mol. The molecule has 8 nitrogen and oxygen atoms in total. The Hall–Kier alpha value is -4.89. The number of hydrogen-bond donors (Lipinski definition) is 0. The van der Waals surface area contributed by atoms with Gasteiger partial charge in [-0.25, -0.2) is 4.68 Å². The zero-order chi connectivity index (χ0) is 28.4. The highest BCUT2D eigenvalue weighted by atomic mass is 32.2. The average Bonchev–Trinajstić information content (AvgIpc) is 3.68. The number of hydrogen-bond acceptors (Lipinski definition) is 6. The Morgan fingerprint density at radius 2 is 1.46 bits per heavy atom. The van der Waals surface area contributed by atoms with Crippen LogP contribution in [0.2, 0.25) is 0 Å². The van der Waals surface area contributed by atoms with E-state index >= 15 is 0 Å². The van der Waals surface area contributed by atoms with Crippen molar-refractivity contribution in [3.8, 4) is 28.4 Å². The van der Waals surface area contributed by atoms with E-state index in [4.69, 9.17) is 19.7 Å². The molecule has 0 N–H and O–H groups in total. The smallest absolute Gasteiger partial charge is 0.279 e. The molecule has 0 amide bonds. The summed E-state index contributed by atoms with van der Waals surface area (Å²) in [7, 11) is -0.865. The zero-order valence-electron chi connectivity index (χ0n) is 22.6. The van der Waals surface area contributed by atoms with E-state index in [-0.39, 0.29) is 4.90 Å². The number of rotatable bonds is 8. The minimum Gasteiger partial charge on any atom is -0.497 e. The molecule has 9 heteroatoms. The zero-order valence-corrected chi connectivity index (χ0v) is 23.4. The van der Waals surface area contributed by atoms with Crippen LogP contribution in [0.4, 0.5) is 0 Å². The molecule has 4 aromatic carbocycles. The van der Waals surface area contributed by atoms with Gasteiger partial charge in [0, 0.05) is 35.4 Å². The van der Waals surface area contributed by atoms with Crippen LogP contribution in [0.1, 0.15) is 23.6 Å². The highest BCUT2D eigenvalue weighted by Gasteiger charge is 2.40. The van der Waals surface area contributed by atoms with Crippen molar-refractivity contribution in [2.45, 2.75) is 17.4 Å². The van der Waals surface area contributed by atoms with E-state index < -0.39 is 16.1 Å². The van der Waals surface area contributed by atoms with Gasteiger partial charge in [-0.3, -0.25) is 0 Å². The second-order valence-electron chi connectivity index (χ2n) is 9.50. The van der Waals surface area contributed by atoms with Crippen LogP contribution in [0.15, 0.2) is 125 Å². The van der Waals surface area contributed by atoms with Crippen molar-refractivity contribution < 1.29 is 17.9 Å². The number of methoxy groups -OCH3 is 2. The molecule has 0 saturated heterocycles. The molecule has 0 aliphatic carbocycles. The minimum absolute atomic E-state index is 0.161. The third-order valence-corrected chi connectivity index (χ3v) is 8.75. The third-order valence-electron chi connectivity index (χ3n) is 7.05. The van der Waals surface area contributed by atoms with Crippen LogP contribution in [0.5, 0.6) is 11.5 Å². The van der Waals surface area contributed by atoms with Gasteiger partial charge in [0.25, 0.3) is 10.0 Å². The van der Waals surface area contributed by atoms with Crippen LogP contribution >= 0.6 is 0 Å². The van der Waals surface area contributed by atoms with E-state index in [2.05, 4.69) is 0 Å². The fraction of sp³-hybridized carbons (Fsp3) is 0.125. The first-order chi connectivity index (χ1) is 20.0. The van der Waals surface area contributed by atoms with Crippen molar-refractivity contribution in [2.24, 2.45) is 5.10 Å². The summed E-state index contributed by atoms with van der Waals surface area (Å²) in [5.74, 6) is 1.18. The summed E-state index contributed by atoms with van der Waals surface area (Å²) >= 11 is 0. The predicted molar refractivity (Wildman–Crippen MR) is 158 cm³/mol. The van der Waals surface area contributed by atoms with Gasteiger partial charge in [0.2, 0.25) is 0 Å². The van der Waals surface area contributed by atoms with Gasteiger partial charge in [0.05, 0.1) is 42.2 Å². The first-order valence-electron chi connectivity index (χ1n) is 13.1. The van der Waals surface area contributed by atoms with Crippen molar-refractivity contribution in [1.29, 1.82) is 0 Å². The predicted octanol–water partition coefficient (Wildman–Crippen LogP) is 6.10. The maximum absolute atomic E-state index is 14.1. The number of para-hydroxylation sites is 1. The van der Waals surface area contributed by atoms with E-state index in [1.807, 2.05) is 79.0 Å². The largest absolute Gasteiger partial charge is 0.497 e. The molecule has 41 heavy (non-hydrogen) atoms. The Bertz CT molecular complexity index is 1810. The monoisotopic (exact) mass is 564 g/mol. The third kappa shape index (κ3) is 4.96. The van der Waals surface area contributed by atoms with Crippen molar-refractivity contribution >= 4 is 15.7 Å². The fourth-order valence-corrected chi connectivity index (χ4v) is 6.45. The molecule has 1 unspecified atom stereocenters. The molecule has 0 saturated carbocycles. The normalized spacial score (nSPS) is 15.0. The summed E-state index contributed by atoms with van der Waals surface area (Å²) in [6.07, 6.45) is 2.22. The van der Waals surface area contributed by atoms with E-state index in [1.165, 1.54) is 4.41 Å². The highest BCUT2D eigenvalue weighted by molar-refractivity contribution is 7.89. The van der Waals surface area contributed by atoms with E-state index in [0.29, 0.717) is 34.9 Å². The van der Waals surface area contributed by atoms with Gasteiger partial charge in [0.15, 0.2) is 0 Å². The van der Waals surface area contributed by atoms with Crippen LogP contribution in [0.25, 0.3) is 16.9 Å². The molecule has 1 aromatic heterocycles. The van der Waals surface area contributed by atoms with E-state index in [9.17, 15) is 8.42 Å². The van der Waals surface area contributed by atoms with Crippen LogP contribution in [0.3, 0.4) is 0 Å². The Labute approximate surface area is 239 Å². The molecule has 0 bridgehead atoms. The number of hydrazone groups is 1. The van der Waals surface area contributed by atoms with Crippen molar-refractivity contribution in [2.75, 3.05) is 14.2 Å². The standard InChI is InChI=1S/C32H28N4O4S/c1-39-25-18-19-27(31(20-25)40-2)29-21-30(36(33-29)41(37,38)26-16-10-5-11-17-26)28-22-35(24-14-8-4-9-15-24)34-32(28)23-12-6-3-7-13-23/h3-20,22,30H,21H2,1-2H3. The second kappa shape index (κ2) is 10.9. The molecule has 206 valence electrons. The number of aromatic nitrogens is 2. The maximum atomic E-state index is 14.1. The molecule has 2 heterocycles. The molecule has 6 rings (SSSR count). The first kappa shape index (κ1) is 26.3. The van der Waals surface area contributed by atoms with Crippen molar-refractivity contribution in [3.05, 3.63) is 127 Å². The Balaban J connectivity index is 1.53. The molecule has 0 fully saturated rings. The summed E-state index contributed by atoms with van der Waals surface area (Å²) in [5, 5.41) is 9.69. The molecule has 1 atom stereocenters. The number of ether oxygens (including phenoxy) is 2. The molecule has 0 spiro atoms. The lowest BCUT2D eigenvalue weighted by atomic mass is 9.96. The van der Waals surface area contributed by atoms with Gasteiger partial charge in [0.1, 0.15) is 11.5 Å². The number of sulfonamides is 1. The van der Waals surface area contributed by atoms with Gasteiger partial charge in [-0.1, -0.05) is 66.7 Å². The van der Waals surface area contributed by atoms with Gasteiger partial charge >= 0.3 is 0 Å². The number of nitrogens with zero attached hydrogens (tertiary/aromatic N) is 4. The van der Waals surface area contributed by atoms with Crippen LogP contribution in [-0.2, 0) is 10.0 Å². The fourth-order valence-electron chi connectivity index (χ4n) is 5.01. The Kier molecular flexibility index (Phi) is 7.03. The van der Waals surface area contributed by atoms with Crippen LogP contribution < -0.4 is 9.47 Å². The minimum atomic E-state index is -4.02. The van der Waals surface area contributed by atoms with Gasteiger partial charge in [-0.2, -0.15) is 23.0 Å². The molecule has 1 aliphatic heterocycles. The SMILES string of the molecule is COc1ccc(C2=NN(S(=O)(=O)c3ccccc3)C(c3cn(-c4ccccc4)nc3-c3ccccc3)C2)c(OC)c1. The number of benzene rings is 4. The summed E-state index contributed by atoms with van der Waals surface area (Å²) < 4.78 is 42.3. The van der Waals surface area contributed by atoms with Crippen LogP contribution in [-0.4, -0.2) is 42.5 Å². The van der Waals surface area contributed by atoms with E-state index in [1.54, 1.807) is 55.3 Å². The Morgan fingerprint density at radius 1 is 0.805 bits per heavy atom. The molecule has 5 aromatic rings. The lowest BCUT2D eigenvalue weighted by Crippen LogP contribution is -2.27. The lowest BCUT2D eigenvalue weighted by Gasteiger charge is -2.23. The molecular weight excluding hydrogens is 536 g/mol. The summed E-state index contributed by atoms with van der Waals surface area (Å²) in [4.78, 5) is 0.161. The van der Waals surface area contributed by atoms with Crippen molar-refractivity contribution in [1.82, 2.24) is 14.2 Å². The quantitative estimate of drug-likeness (QED) is 0.227. The Morgan fingerprint density at radius 3 is 2.12 bits per heavy atom. The summed E-state index contributed by atoms with van der Waals surface area (Å²) in [5.41, 5.74) is 4.45. The van der Waals surface area contributed by atoms with E-state index in [0.717, 1.165) is 16.8 Å². The lowest BCUT2D eigenvalue weighted by molar-refractivity contribution is 0.372. The second-order valence-corrected chi connectivity index (χ2v) is 11.3. The summed E-state index contributed by atoms with van der Waals surface area (Å²) in [6, 6.07) is 32.7. The van der Waals surface area contributed by atoms with Crippen LogP contribution in [0, 0.1) is 0 Å². The highest BCUT2D eigenvalue weighted by Crippen LogP contribution is 2.42. The first-order valence-corrected chi connectivity index (χ1v) is 14.5.